The van der Waals surface area contributed by atoms with E-state index in [-0.39, 0.29) is 12.2 Å². The van der Waals surface area contributed by atoms with Gasteiger partial charge >= 0.3 is 0 Å². The van der Waals surface area contributed by atoms with E-state index in [1.165, 1.54) is 38.5 Å². The van der Waals surface area contributed by atoms with Crippen molar-refractivity contribution in [1.29, 1.82) is 0 Å². The van der Waals surface area contributed by atoms with Crippen molar-refractivity contribution >= 4 is 0 Å². The van der Waals surface area contributed by atoms with Crippen LogP contribution in [0.2, 0.25) is 0 Å². The Balaban J connectivity index is 1.75. The van der Waals surface area contributed by atoms with Gasteiger partial charge in [-0.15, -0.1) is 0 Å². The molecule has 2 nitrogen and oxygen atoms in total. The number of hydrogen-bond donors (Lipinski definition) is 1. The minimum absolute atomic E-state index is 0.196. The predicted molar refractivity (Wildman–Crippen MR) is 67.9 cm³/mol. The van der Waals surface area contributed by atoms with E-state index in [4.69, 9.17) is 0 Å². The van der Waals surface area contributed by atoms with Gasteiger partial charge < -0.3 is 5.32 Å². The van der Waals surface area contributed by atoms with Crippen LogP contribution < -0.4 is 5.32 Å². The van der Waals surface area contributed by atoms with Crippen LogP contribution in [0.1, 0.15) is 45.4 Å². The third-order valence-electron chi connectivity index (χ3n) is 5.41. The molecule has 0 aromatic carbocycles. The van der Waals surface area contributed by atoms with Gasteiger partial charge in [0.25, 0.3) is 0 Å². The Morgan fingerprint density at radius 1 is 1.29 bits per heavy atom. The molecule has 2 saturated carbocycles. The van der Waals surface area contributed by atoms with Crippen LogP contribution in [-0.2, 0) is 0 Å². The van der Waals surface area contributed by atoms with Gasteiger partial charge in [0.2, 0.25) is 0 Å². The van der Waals surface area contributed by atoms with E-state index in [1.807, 2.05) is 0 Å². The lowest BCUT2D eigenvalue weighted by atomic mass is 9.83. The zero-order chi connectivity index (χ0) is 11.9. The lowest BCUT2D eigenvalue weighted by Gasteiger charge is -2.52. The lowest BCUT2D eigenvalue weighted by Crippen LogP contribution is -2.69. The first kappa shape index (κ1) is 11.9. The Hall–Kier alpha value is -0.150. The van der Waals surface area contributed by atoms with Crippen molar-refractivity contribution in [3.8, 4) is 0 Å². The van der Waals surface area contributed by atoms with Gasteiger partial charge in [-0.2, -0.15) is 0 Å². The highest BCUT2D eigenvalue weighted by Gasteiger charge is 2.52. The number of halogens is 1. The third-order valence-corrected chi connectivity index (χ3v) is 5.41. The fraction of sp³-hybridized carbons (Fsp3) is 1.00. The number of nitrogens with zero attached hydrogens (tertiary/aromatic N) is 1. The molecular weight excluding hydrogens is 215 g/mol. The van der Waals surface area contributed by atoms with Crippen LogP contribution in [0, 0.1) is 5.92 Å². The second kappa shape index (κ2) is 4.20. The van der Waals surface area contributed by atoms with Gasteiger partial charge in [-0.25, -0.2) is 4.39 Å². The molecule has 1 heterocycles. The first-order valence-electron chi connectivity index (χ1n) is 7.25. The summed E-state index contributed by atoms with van der Waals surface area (Å²) in [4.78, 5) is 2.46. The van der Waals surface area contributed by atoms with Gasteiger partial charge in [0.05, 0.1) is 0 Å². The normalized spacial score (nSPS) is 37.8. The highest BCUT2D eigenvalue weighted by molar-refractivity contribution is 5.10. The Bertz CT molecular complexity index is 284. The molecule has 1 spiro atoms. The molecule has 0 bridgehead atoms. The smallest absolute Gasteiger partial charge is 0.102 e. The van der Waals surface area contributed by atoms with Crippen molar-refractivity contribution in [3.05, 3.63) is 0 Å². The topological polar surface area (TPSA) is 15.3 Å². The number of rotatable bonds is 3. The van der Waals surface area contributed by atoms with Crippen molar-refractivity contribution in [2.24, 2.45) is 5.92 Å². The highest BCUT2D eigenvalue weighted by Crippen LogP contribution is 2.46. The first-order valence-corrected chi connectivity index (χ1v) is 7.25. The zero-order valence-corrected chi connectivity index (χ0v) is 11.0. The SMILES string of the molecule is CC1(C2CC2)CNC2(CCCC2)CN1CCF. The fourth-order valence-electron chi connectivity index (χ4n) is 4.01. The number of alkyl halides is 1. The maximum atomic E-state index is 12.8. The number of nitrogens with one attached hydrogen (secondary N) is 1. The van der Waals surface area contributed by atoms with Crippen LogP contribution in [0.5, 0.6) is 0 Å². The third kappa shape index (κ3) is 2.01. The summed E-state index contributed by atoms with van der Waals surface area (Å²) in [5.41, 5.74) is 0.545. The average molecular weight is 240 g/mol. The summed E-state index contributed by atoms with van der Waals surface area (Å²) in [6, 6.07) is 0. The molecule has 1 N–H and O–H groups in total. The van der Waals surface area contributed by atoms with Crippen molar-refractivity contribution in [3.63, 3.8) is 0 Å². The second-order valence-corrected chi connectivity index (χ2v) is 6.58. The quantitative estimate of drug-likeness (QED) is 0.814. The van der Waals surface area contributed by atoms with Gasteiger partial charge in [0.1, 0.15) is 6.67 Å². The molecule has 3 heteroatoms. The maximum absolute atomic E-state index is 12.8. The summed E-state index contributed by atoms with van der Waals surface area (Å²) in [6.45, 7) is 4.92. The number of piperazine rings is 1. The molecule has 17 heavy (non-hydrogen) atoms. The highest BCUT2D eigenvalue weighted by atomic mass is 19.1. The maximum Gasteiger partial charge on any atom is 0.102 e. The monoisotopic (exact) mass is 240 g/mol. The summed E-state index contributed by atoms with van der Waals surface area (Å²) < 4.78 is 12.8. The van der Waals surface area contributed by atoms with Crippen LogP contribution >= 0.6 is 0 Å². The van der Waals surface area contributed by atoms with E-state index < -0.39 is 0 Å². The van der Waals surface area contributed by atoms with Crippen molar-refractivity contribution < 1.29 is 4.39 Å². The van der Waals surface area contributed by atoms with Gasteiger partial charge in [-0.1, -0.05) is 12.8 Å². The standard InChI is InChI=1S/C14H25FN2/c1-13(12-4-5-12)10-16-14(6-2-3-7-14)11-17(13)9-8-15/h12,16H,2-11H2,1H3. The number of hydrogen-bond acceptors (Lipinski definition) is 2. The molecule has 1 unspecified atom stereocenters. The molecule has 0 amide bonds. The Morgan fingerprint density at radius 3 is 2.59 bits per heavy atom. The molecule has 1 saturated heterocycles. The molecule has 0 aromatic heterocycles. The predicted octanol–water partition coefficient (Wildman–Crippen LogP) is 2.34. The molecule has 2 aliphatic carbocycles. The molecule has 3 rings (SSSR count). The second-order valence-electron chi connectivity index (χ2n) is 6.58. The van der Waals surface area contributed by atoms with Gasteiger partial charge in [0.15, 0.2) is 0 Å². The molecule has 3 fully saturated rings. The molecule has 0 radical (unpaired) electrons. The molecule has 1 atom stereocenters. The zero-order valence-electron chi connectivity index (χ0n) is 11.0. The summed E-state index contributed by atoms with van der Waals surface area (Å²) in [7, 11) is 0. The van der Waals surface area contributed by atoms with Crippen molar-refractivity contribution in [2.75, 3.05) is 26.3 Å². The lowest BCUT2D eigenvalue weighted by molar-refractivity contribution is -0.000817. The summed E-state index contributed by atoms with van der Waals surface area (Å²) >= 11 is 0. The van der Waals surface area contributed by atoms with Crippen molar-refractivity contribution in [2.45, 2.75) is 56.5 Å². The summed E-state index contributed by atoms with van der Waals surface area (Å²) in [6.07, 6.45) is 7.95. The van der Waals surface area contributed by atoms with Gasteiger partial charge in [-0.3, -0.25) is 4.90 Å². The van der Waals surface area contributed by atoms with Gasteiger partial charge in [0, 0.05) is 30.7 Å². The minimum Gasteiger partial charge on any atom is -0.308 e. The van der Waals surface area contributed by atoms with Crippen LogP contribution in [0.15, 0.2) is 0 Å². The molecule has 0 aromatic rings. The van der Waals surface area contributed by atoms with E-state index in [0.29, 0.717) is 12.1 Å². The van der Waals surface area contributed by atoms with Crippen LogP contribution in [0.25, 0.3) is 0 Å². The largest absolute Gasteiger partial charge is 0.308 e. The minimum atomic E-state index is -0.196. The first-order chi connectivity index (χ1) is 8.19. The Kier molecular flexibility index (Phi) is 2.94. The Morgan fingerprint density at radius 2 is 2.00 bits per heavy atom. The molecular formula is C14H25FN2. The van der Waals surface area contributed by atoms with Gasteiger partial charge in [-0.05, 0) is 38.5 Å². The van der Waals surface area contributed by atoms with E-state index in [9.17, 15) is 4.39 Å². The molecule has 3 aliphatic rings. The Labute approximate surface area is 104 Å². The molecule has 1 aliphatic heterocycles. The van der Waals surface area contributed by atoms with E-state index in [0.717, 1.165) is 19.0 Å². The molecule has 98 valence electrons. The average Bonchev–Trinajstić information content (AvgIpc) is 3.08. The van der Waals surface area contributed by atoms with Crippen LogP contribution in [0.3, 0.4) is 0 Å². The van der Waals surface area contributed by atoms with Crippen molar-refractivity contribution in [1.82, 2.24) is 10.2 Å². The fourth-order valence-corrected chi connectivity index (χ4v) is 4.01. The van der Waals surface area contributed by atoms with E-state index in [2.05, 4.69) is 17.1 Å². The van der Waals surface area contributed by atoms with Crippen LogP contribution in [0.4, 0.5) is 4.39 Å². The summed E-state index contributed by atoms with van der Waals surface area (Å²) in [5.74, 6) is 0.806. The van der Waals surface area contributed by atoms with Crippen LogP contribution in [-0.4, -0.2) is 42.3 Å². The van der Waals surface area contributed by atoms with E-state index in [1.54, 1.807) is 0 Å². The summed E-state index contributed by atoms with van der Waals surface area (Å²) in [5, 5.41) is 3.83. The van der Waals surface area contributed by atoms with E-state index >= 15 is 0 Å².